The minimum Gasteiger partial charge on any atom is -0.496 e. The number of rotatable bonds is 14. The van der Waals surface area contributed by atoms with Crippen LogP contribution in [0.5, 0.6) is 17.2 Å². The molecule has 0 unspecified atom stereocenters. The van der Waals surface area contributed by atoms with E-state index < -0.39 is 35.2 Å². The highest BCUT2D eigenvalue weighted by Gasteiger charge is 2.55. The van der Waals surface area contributed by atoms with Crippen molar-refractivity contribution in [1.29, 1.82) is 0 Å². The summed E-state index contributed by atoms with van der Waals surface area (Å²) in [7, 11) is 3.25. The standard InChI is InChI=1S/C40H52N2O8S/c1-8-51-38-31-22-29-33(36(35(47-7)26(2)34(29)46-6)49-24-28-18-13-10-14-19-28)32(25-48-23-27-16-11-9-12-17-27)41(31)37(44)30(20-15-21-43)42(38)39(45)50-40(3,4)5/h9-14,16-19,30-32,38,43H,8,15,20-25H2,1-7H3/t30-,31-,32-,38+/m0/s1. The summed E-state index contributed by atoms with van der Waals surface area (Å²) in [6.07, 6.45) is 0.476. The van der Waals surface area contributed by atoms with Gasteiger partial charge in [0.1, 0.15) is 29.4 Å². The van der Waals surface area contributed by atoms with Crippen molar-refractivity contribution in [2.75, 3.05) is 33.2 Å². The number of benzene rings is 3. The van der Waals surface area contributed by atoms with Crippen LogP contribution in [0.4, 0.5) is 4.79 Å². The van der Waals surface area contributed by atoms with Crippen LogP contribution in [-0.2, 0) is 33.9 Å². The number of fused-ring (bicyclic) bond motifs is 2. The average molecular weight is 721 g/mol. The molecule has 0 aromatic heterocycles. The molecule has 0 aliphatic carbocycles. The summed E-state index contributed by atoms with van der Waals surface area (Å²) in [5.41, 5.74) is 3.67. The monoisotopic (exact) mass is 720 g/mol. The third-order valence-corrected chi connectivity index (χ3v) is 10.5. The summed E-state index contributed by atoms with van der Waals surface area (Å²) in [4.78, 5) is 32.6. The molecule has 2 aliphatic rings. The lowest BCUT2D eigenvalue weighted by atomic mass is 9.82. The number of nitrogens with zero attached hydrogens (tertiary/aromatic N) is 2. The van der Waals surface area contributed by atoms with Crippen LogP contribution in [0.15, 0.2) is 60.7 Å². The Bertz CT molecular complexity index is 1630. The van der Waals surface area contributed by atoms with Crippen LogP contribution in [0.3, 0.4) is 0 Å². The maximum atomic E-state index is 15.0. The Morgan fingerprint density at radius 1 is 0.922 bits per heavy atom. The lowest BCUT2D eigenvalue weighted by Crippen LogP contribution is -2.69. The van der Waals surface area contributed by atoms with Gasteiger partial charge in [-0.05, 0) is 63.8 Å². The summed E-state index contributed by atoms with van der Waals surface area (Å²) >= 11 is 1.61. The normalized spacial score (nSPS) is 20.0. The number of amides is 2. The van der Waals surface area contributed by atoms with Crippen LogP contribution in [0, 0.1) is 6.92 Å². The maximum absolute atomic E-state index is 15.0. The molecule has 2 heterocycles. The van der Waals surface area contributed by atoms with Crippen molar-refractivity contribution in [3.05, 3.63) is 88.5 Å². The zero-order valence-corrected chi connectivity index (χ0v) is 31.7. The van der Waals surface area contributed by atoms with Crippen LogP contribution in [0.25, 0.3) is 0 Å². The Balaban J connectivity index is 1.70. The minimum atomic E-state index is -0.853. The van der Waals surface area contributed by atoms with Gasteiger partial charge in [-0.25, -0.2) is 4.79 Å². The highest BCUT2D eigenvalue weighted by atomic mass is 32.2. The molecule has 51 heavy (non-hydrogen) atoms. The van der Waals surface area contributed by atoms with E-state index in [4.69, 9.17) is 23.7 Å². The Hall–Kier alpha value is -3.93. The first-order valence-electron chi connectivity index (χ1n) is 17.7. The lowest BCUT2D eigenvalue weighted by Gasteiger charge is -2.55. The van der Waals surface area contributed by atoms with E-state index in [0.717, 1.165) is 27.8 Å². The highest BCUT2D eigenvalue weighted by Crippen LogP contribution is 2.53. The van der Waals surface area contributed by atoms with Gasteiger partial charge >= 0.3 is 6.09 Å². The molecule has 1 N–H and O–H groups in total. The molecule has 2 aliphatic heterocycles. The van der Waals surface area contributed by atoms with Gasteiger partial charge in [-0.15, -0.1) is 11.8 Å². The fourth-order valence-electron chi connectivity index (χ4n) is 7.20. The minimum absolute atomic E-state index is 0.113. The van der Waals surface area contributed by atoms with Crippen molar-refractivity contribution in [2.24, 2.45) is 0 Å². The molecule has 1 saturated heterocycles. The third kappa shape index (κ3) is 8.42. The van der Waals surface area contributed by atoms with E-state index in [1.54, 1.807) is 30.9 Å². The fraction of sp³-hybridized carbons (Fsp3) is 0.500. The molecule has 0 spiro atoms. The van der Waals surface area contributed by atoms with Gasteiger partial charge in [0.25, 0.3) is 0 Å². The number of hydrogen-bond acceptors (Lipinski definition) is 9. The molecule has 1 fully saturated rings. The predicted molar refractivity (Wildman–Crippen MR) is 198 cm³/mol. The third-order valence-electron chi connectivity index (χ3n) is 9.25. The van der Waals surface area contributed by atoms with Crippen LogP contribution in [-0.4, -0.2) is 83.2 Å². The zero-order chi connectivity index (χ0) is 36.7. The van der Waals surface area contributed by atoms with Crippen molar-refractivity contribution in [3.63, 3.8) is 0 Å². The van der Waals surface area contributed by atoms with Gasteiger partial charge < -0.3 is 33.7 Å². The van der Waals surface area contributed by atoms with Crippen molar-refractivity contribution < 1.29 is 38.4 Å². The van der Waals surface area contributed by atoms with Gasteiger partial charge in [0, 0.05) is 23.3 Å². The van der Waals surface area contributed by atoms with E-state index in [0.29, 0.717) is 42.4 Å². The Morgan fingerprint density at radius 2 is 1.55 bits per heavy atom. The van der Waals surface area contributed by atoms with Gasteiger partial charge in [0.2, 0.25) is 5.91 Å². The topological polar surface area (TPSA) is 107 Å². The van der Waals surface area contributed by atoms with Crippen LogP contribution in [0.1, 0.15) is 74.4 Å². The van der Waals surface area contributed by atoms with Gasteiger partial charge in [-0.2, -0.15) is 0 Å². The van der Waals surface area contributed by atoms with E-state index >= 15 is 4.79 Å². The number of carbonyl (C=O) groups is 2. The fourth-order valence-corrected chi connectivity index (χ4v) is 8.38. The summed E-state index contributed by atoms with van der Waals surface area (Å²) < 4.78 is 31.3. The molecule has 276 valence electrons. The molecule has 3 aromatic rings. The number of aliphatic hydroxyl groups is 1. The number of methoxy groups -OCH3 is 2. The molecule has 5 rings (SSSR count). The number of carbonyl (C=O) groups excluding carboxylic acids is 2. The molecule has 4 atom stereocenters. The summed E-state index contributed by atoms with van der Waals surface area (Å²) in [6, 6.07) is 17.9. The Morgan fingerprint density at radius 3 is 2.12 bits per heavy atom. The largest absolute Gasteiger partial charge is 0.496 e. The zero-order valence-electron chi connectivity index (χ0n) is 30.8. The van der Waals surface area contributed by atoms with Crippen molar-refractivity contribution in [1.82, 2.24) is 9.80 Å². The van der Waals surface area contributed by atoms with E-state index in [1.807, 2.05) is 100 Å². The average Bonchev–Trinajstić information content (AvgIpc) is 3.11. The smallest absolute Gasteiger partial charge is 0.411 e. The SMILES string of the molecule is CCS[C@@H]1[C@@H]2Cc3c(OC)c(C)c(OC)c(OCc4ccccc4)c3[C@H](COCc3ccccc3)N2C(=O)[C@H](CCCO)N1C(=O)OC(C)(C)C. The van der Waals surface area contributed by atoms with E-state index in [2.05, 4.69) is 0 Å². The van der Waals surface area contributed by atoms with Gasteiger partial charge in [0.15, 0.2) is 11.5 Å². The van der Waals surface area contributed by atoms with E-state index in [1.165, 1.54) is 0 Å². The summed E-state index contributed by atoms with van der Waals surface area (Å²) in [6.45, 7) is 10.1. The first-order chi connectivity index (χ1) is 24.5. The quantitative estimate of drug-likeness (QED) is 0.187. The molecule has 10 nitrogen and oxygen atoms in total. The maximum Gasteiger partial charge on any atom is 0.411 e. The van der Waals surface area contributed by atoms with Crippen LogP contribution in [0.2, 0.25) is 0 Å². The van der Waals surface area contributed by atoms with Gasteiger partial charge in [-0.3, -0.25) is 9.69 Å². The molecule has 3 aromatic carbocycles. The first-order valence-corrected chi connectivity index (χ1v) is 18.7. The van der Waals surface area contributed by atoms with Crippen molar-refractivity contribution in [2.45, 2.75) is 96.2 Å². The van der Waals surface area contributed by atoms with Crippen molar-refractivity contribution >= 4 is 23.8 Å². The number of piperazine rings is 1. The second kappa shape index (κ2) is 17.1. The molecule has 0 radical (unpaired) electrons. The van der Waals surface area contributed by atoms with Gasteiger partial charge in [-0.1, -0.05) is 67.6 Å². The summed E-state index contributed by atoms with van der Waals surface area (Å²) in [5, 5.41) is 9.46. The number of thioether (sulfide) groups is 1. The molecular formula is C40H52N2O8S. The molecule has 0 bridgehead atoms. The molecule has 2 amide bonds. The number of aliphatic hydroxyl groups excluding tert-OH is 1. The molecule has 11 heteroatoms. The van der Waals surface area contributed by atoms with E-state index in [9.17, 15) is 9.90 Å². The molecule has 0 saturated carbocycles. The number of hydrogen-bond donors (Lipinski definition) is 1. The summed E-state index contributed by atoms with van der Waals surface area (Å²) in [5.74, 6) is 2.19. The second-order valence-electron chi connectivity index (χ2n) is 13.8. The van der Waals surface area contributed by atoms with Crippen molar-refractivity contribution in [3.8, 4) is 17.2 Å². The predicted octanol–water partition coefficient (Wildman–Crippen LogP) is 7.07. The van der Waals surface area contributed by atoms with E-state index in [-0.39, 0.29) is 32.1 Å². The number of ether oxygens (including phenoxy) is 5. The molecular weight excluding hydrogens is 669 g/mol. The second-order valence-corrected chi connectivity index (χ2v) is 15.2. The highest BCUT2D eigenvalue weighted by molar-refractivity contribution is 7.99. The Kier molecular flexibility index (Phi) is 12.8. The van der Waals surface area contributed by atoms with Crippen LogP contribution >= 0.6 is 11.8 Å². The van der Waals surface area contributed by atoms with Gasteiger partial charge in [0.05, 0.1) is 39.5 Å². The lowest BCUT2D eigenvalue weighted by molar-refractivity contribution is -0.155. The Labute approximate surface area is 306 Å². The first kappa shape index (κ1) is 38.3. The van der Waals surface area contributed by atoms with Crippen LogP contribution < -0.4 is 14.2 Å².